The average Bonchev–Trinajstić information content (AvgIpc) is 2.73. The predicted molar refractivity (Wildman–Crippen MR) is 104 cm³/mol. The van der Waals surface area contributed by atoms with Gasteiger partial charge < -0.3 is 19.5 Å². The summed E-state index contributed by atoms with van der Waals surface area (Å²) in [6.07, 6.45) is 0. The summed E-state index contributed by atoms with van der Waals surface area (Å²) in [5, 5.41) is 9.14. The number of methoxy groups -OCH3 is 2. The van der Waals surface area contributed by atoms with Crippen LogP contribution in [0.4, 0.5) is 5.69 Å². The molecule has 1 fully saturated rings. The van der Waals surface area contributed by atoms with Gasteiger partial charge in [-0.1, -0.05) is 6.07 Å². The van der Waals surface area contributed by atoms with Gasteiger partial charge in [-0.05, 0) is 30.3 Å². The number of hydrogen-bond donors (Lipinski definition) is 1. The molecule has 2 aromatic rings. The lowest BCUT2D eigenvalue weighted by Gasteiger charge is -2.35. The van der Waals surface area contributed by atoms with Crippen LogP contribution in [0.25, 0.3) is 0 Å². The molecule has 0 aromatic heterocycles. The van der Waals surface area contributed by atoms with E-state index in [2.05, 4.69) is 0 Å². The molecule has 3 rings (SSSR count). The van der Waals surface area contributed by atoms with E-state index in [9.17, 15) is 13.2 Å². The average molecular weight is 406 g/mol. The lowest BCUT2D eigenvalue weighted by Crippen LogP contribution is -2.48. The zero-order valence-electron chi connectivity index (χ0n) is 15.7. The minimum absolute atomic E-state index is 0.145. The fourth-order valence-corrected chi connectivity index (χ4v) is 4.59. The fourth-order valence-electron chi connectivity index (χ4n) is 3.15. The van der Waals surface area contributed by atoms with E-state index in [1.54, 1.807) is 18.2 Å². The molecule has 8 nitrogen and oxygen atoms in total. The minimum Gasteiger partial charge on any atom is -0.493 e. The maximum absolute atomic E-state index is 13.0. The molecule has 9 heteroatoms. The molecular formula is C19H22N2O6S. The number of carbonyl (C=O) groups is 1. The summed E-state index contributed by atoms with van der Waals surface area (Å²) < 4.78 is 37.7. The second-order valence-electron chi connectivity index (χ2n) is 6.26. The number of hydrogen-bond acceptors (Lipinski definition) is 6. The fraction of sp³-hybridized carbons (Fsp3) is 0.316. The Hall–Kier alpha value is -2.78. The molecule has 1 saturated heterocycles. The minimum atomic E-state index is -3.67. The van der Waals surface area contributed by atoms with Gasteiger partial charge in [-0.25, -0.2) is 13.2 Å². The normalized spacial score (nSPS) is 15.3. The van der Waals surface area contributed by atoms with Crippen LogP contribution < -0.4 is 14.4 Å². The van der Waals surface area contributed by atoms with Crippen molar-refractivity contribution in [2.24, 2.45) is 0 Å². The number of piperazine rings is 1. The first-order valence-corrected chi connectivity index (χ1v) is 10.1. The predicted octanol–water partition coefficient (Wildman–Crippen LogP) is 1.91. The van der Waals surface area contributed by atoms with Crippen molar-refractivity contribution in [3.63, 3.8) is 0 Å². The van der Waals surface area contributed by atoms with Crippen molar-refractivity contribution in [2.75, 3.05) is 45.3 Å². The van der Waals surface area contributed by atoms with Crippen LogP contribution in [0.1, 0.15) is 10.4 Å². The lowest BCUT2D eigenvalue weighted by molar-refractivity contribution is 0.0697. The summed E-state index contributed by atoms with van der Waals surface area (Å²) in [5.41, 5.74) is 0.973. The molecule has 0 amide bonds. The molecule has 0 saturated carbocycles. The Morgan fingerprint density at radius 3 is 2.25 bits per heavy atom. The van der Waals surface area contributed by atoms with Gasteiger partial charge in [0.05, 0.1) is 24.7 Å². The summed E-state index contributed by atoms with van der Waals surface area (Å²) in [4.78, 5) is 13.3. The third-order valence-electron chi connectivity index (χ3n) is 4.69. The largest absolute Gasteiger partial charge is 0.493 e. The van der Waals surface area contributed by atoms with Crippen molar-refractivity contribution in [2.45, 2.75) is 4.90 Å². The third-order valence-corrected chi connectivity index (χ3v) is 6.58. The van der Waals surface area contributed by atoms with Gasteiger partial charge in [-0.3, -0.25) is 0 Å². The number of rotatable bonds is 6. The molecule has 1 heterocycles. The standard InChI is InChI=1S/C19H22N2O6S/c1-26-17-7-6-16(13-18(17)27-2)28(24,25)21-10-8-20(9-11-21)15-5-3-4-14(12-15)19(22)23/h3-7,12-13H,8-11H2,1-2H3,(H,22,23). The molecular weight excluding hydrogens is 384 g/mol. The molecule has 1 aliphatic rings. The molecule has 0 atom stereocenters. The summed E-state index contributed by atoms with van der Waals surface area (Å²) in [6, 6.07) is 11.2. The first kappa shape index (κ1) is 20.0. The van der Waals surface area contributed by atoms with E-state index in [1.807, 2.05) is 11.0 Å². The number of carboxylic acid groups (broad SMARTS) is 1. The van der Waals surface area contributed by atoms with Gasteiger partial charge in [0.15, 0.2) is 11.5 Å². The van der Waals surface area contributed by atoms with Gasteiger partial charge in [0.25, 0.3) is 0 Å². The van der Waals surface area contributed by atoms with E-state index in [-0.39, 0.29) is 10.5 Å². The van der Waals surface area contributed by atoms with Crippen LogP contribution >= 0.6 is 0 Å². The van der Waals surface area contributed by atoms with E-state index in [0.29, 0.717) is 37.7 Å². The van der Waals surface area contributed by atoms with E-state index in [1.165, 1.54) is 36.7 Å². The zero-order valence-corrected chi connectivity index (χ0v) is 16.5. The maximum Gasteiger partial charge on any atom is 0.335 e. The number of carboxylic acids is 1. The highest BCUT2D eigenvalue weighted by Crippen LogP contribution is 2.31. The highest BCUT2D eigenvalue weighted by atomic mass is 32.2. The monoisotopic (exact) mass is 406 g/mol. The van der Waals surface area contributed by atoms with Crippen LogP contribution in [0.5, 0.6) is 11.5 Å². The van der Waals surface area contributed by atoms with Crippen LogP contribution in [-0.2, 0) is 10.0 Å². The molecule has 1 N–H and O–H groups in total. The number of aromatic carboxylic acids is 1. The van der Waals surface area contributed by atoms with E-state index >= 15 is 0 Å². The molecule has 0 radical (unpaired) electrons. The molecule has 0 unspecified atom stereocenters. The van der Waals surface area contributed by atoms with E-state index in [4.69, 9.17) is 14.6 Å². The van der Waals surface area contributed by atoms with Crippen LogP contribution in [0.3, 0.4) is 0 Å². The molecule has 28 heavy (non-hydrogen) atoms. The lowest BCUT2D eigenvalue weighted by atomic mass is 10.2. The van der Waals surface area contributed by atoms with Crippen LogP contribution in [-0.4, -0.2) is 64.2 Å². The summed E-state index contributed by atoms with van der Waals surface area (Å²) in [6.45, 7) is 1.53. The van der Waals surface area contributed by atoms with Crippen molar-refractivity contribution < 1.29 is 27.8 Å². The Balaban J connectivity index is 1.75. The van der Waals surface area contributed by atoms with Crippen molar-refractivity contribution in [1.82, 2.24) is 4.31 Å². The van der Waals surface area contributed by atoms with Gasteiger partial charge in [0.1, 0.15) is 0 Å². The SMILES string of the molecule is COc1ccc(S(=O)(=O)N2CCN(c3cccc(C(=O)O)c3)CC2)cc1OC. The van der Waals surface area contributed by atoms with Gasteiger partial charge in [-0.15, -0.1) is 0 Å². The number of anilines is 1. The highest BCUT2D eigenvalue weighted by Gasteiger charge is 2.29. The van der Waals surface area contributed by atoms with Crippen molar-refractivity contribution >= 4 is 21.7 Å². The second kappa shape index (κ2) is 8.07. The maximum atomic E-state index is 13.0. The van der Waals surface area contributed by atoms with Crippen molar-refractivity contribution in [3.05, 3.63) is 48.0 Å². The van der Waals surface area contributed by atoms with Crippen LogP contribution in [0.2, 0.25) is 0 Å². The van der Waals surface area contributed by atoms with Crippen molar-refractivity contribution in [1.29, 1.82) is 0 Å². The molecule has 2 aromatic carbocycles. The number of ether oxygens (including phenoxy) is 2. The van der Waals surface area contributed by atoms with Gasteiger partial charge in [0, 0.05) is 37.9 Å². The Bertz CT molecular complexity index is 968. The van der Waals surface area contributed by atoms with Crippen LogP contribution in [0.15, 0.2) is 47.4 Å². The number of sulfonamides is 1. The first-order valence-electron chi connectivity index (χ1n) is 8.67. The quantitative estimate of drug-likeness (QED) is 0.783. The van der Waals surface area contributed by atoms with Crippen molar-refractivity contribution in [3.8, 4) is 11.5 Å². The van der Waals surface area contributed by atoms with Crippen LogP contribution in [0, 0.1) is 0 Å². The number of benzene rings is 2. The summed E-state index contributed by atoms with van der Waals surface area (Å²) in [5.74, 6) is -0.172. The second-order valence-corrected chi connectivity index (χ2v) is 8.20. The number of nitrogens with zero attached hydrogens (tertiary/aromatic N) is 2. The summed E-state index contributed by atoms with van der Waals surface area (Å²) >= 11 is 0. The third kappa shape index (κ3) is 3.90. The van der Waals surface area contributed by atoms with Gasteiger partial charge in [0.2, 0.25) is 10.0 Å². The molecule has 0 aliphatic carbocycles. The molecule has 0 spiro atoms. The van der Waals surface area contributed by atoms with Gasteiger partial charge in [-0.2, -0.15) is 4.31 Å². The van der Waals surface area contributed by atoms with Gasteiger partial charge >= 0.3 is 5.97 Å². The van der Waals surface area contributed by atoms with E-state index < -0.39 is 16.0 Å². The van der Waals surface area contributed by atoms with E-state index in [0.717, 1.165) is 5.69 Å². The molecule has 1 aliphatic heterocycles. The highest BCUT2D eigenvalue weighted by molar-refractivity contribution is 7.89. The topological polar surface area (TPSA) is 96.4 Å². The Morgan fingerprint density at radius 1 is 0.964 bits per heavy atom. The summed E-state index contributed by atoms with van der Waals surface area (Å²) in [7, 11) is -0.723. The Kier molecular flexibility index (Phi) is 5.76. The first-order chi connectivity index (χ1) is 13.4. The molecule has 0 bridgehead atoms. The molecule has 150 valence electrons. The Morgan fingerprint density at radius 2 is 1.64 bits per heavy atom. The smallest absolute Gasteiger partial charge is 0.335 e. The zero-order chi connectivity index (χ0) is 20.3. The Labute approximate surface area is 164 Å².